The molecule has 0 unspecified atom stereocenters. The smallest absolute Gasteiger partial charge is 0.133 e. The van der Waals surface area contributed by atoms with Crippen LogP contribution in [0, 0.1) is 17.2 Å². The molecule has 106 valence electrons. The van der Waals surface area contributed by atoms with E-state index in [4.69, 9.17) is 5.26 Å². The molecule has 0 amide bonds. The summed E-state index contributed by atoms with van der Waals surface area (Å²) in [5.41, 5.74) is 2.74. The Morgan fingerprint density at radius 1 is 0.905 bits per heavy atom. The van der Waals surface area contributed by atoms with Crippen LogP contribution in [-0.2, 0) is 6.54 Å². The van der Waals surface area contributed by atoms with E-state index in [1.807, 2.05) is 0 Å². The van der Waals surface area contributed by atoms with Crippen molar-refractivity contribution in [3.8, 4) is 6.07 Å². The van der Waals surface area contributed by atoms with Crippen LogP contribution in [0.4, 0.5) is 5.69 Å². The van der Waals surface area contributed by atoms with Crippen LogP contribution in [-0.4, -0.2) is 13.1 Å². The van der Waals surface area contributed by atoms with E-state index >= 15 is 0 Å². The number of nitrogens with zero attached hydrogens (tertiary/aromatic N) is 2. The molecular formula is C19H21N2+. The van der Waals surface area contributed by atoms with Crippen molar-refractivity contribution in [2.75, 3.05) is 13.1 Å². The van der Waals surface area contributed by atoms with E-state index in [1.165, 1.54) is 11.3 Å². The highest BCUT2D eigenvalue weighted by atomic mass is 15.4. The lowest BCUT2D eigenvalue weighted by atomic mass is 9.94. The summed E-state index contributed by atoms with van der Waals surface area (Å²) in [6.45, 7) is 3.12. The van der Waals surface area contributed by atoms with Crippen molar-refractivity contribution in [1.82, 2.24) is 4.48 Å². The van der Waals surface area contributed by atoms with E-state index in [0.717, 1.165) is 37.0 Å². The van der Waals surface area contributed by atoms with Gasteiger partial charge in [0.15, 0.2) is 0 Å². The van der Waals surface area contributed by atoms with Gasteiger partial charge in [0, 0.05) is 18.4 Å². The van der Waals surface area contributed by atoms with Crippen molar-refractivity contribution < 1.29 is 0 Å². The van der Waals surface area contributed by atoms with Crippen LogP contribution >= 0.6 is 0 Å². The van der Waals surface area contributed by atoms with Gasteiger partial charge in [0.05, 0.1) is 25.1 Å². The van der Waals surface area contributed by atoms with Gasteiger partial charge in [-0.05, 0) is 12.1 Å². The predicted octanol–water partition coefficient (Wildman–Crippen LogP) is 4.13. The number of nitriles is 1. The zero-order chi connectivity index (χ0) is 14.5. The van der Waals surface area contributed by atoms with Gasteiger partial charge >= 0.3 is 0 Å². The van der Waals surface area contributed by atoms with E-state index in [0.29, 0.717) is 0 Å². The zero-order valence-corrected chi connectivity index (χ0v) is 12.3. The molecule has 0 atom stereocenters. The Morgan fingerprint density at radius 3 is 2.05 bits per heavy atom. The molecule has 0 saturated carbocycles. The number of quaternary nitrogens is 1. The lowest BCUT2D eigenvalue weighted by Crippen LogP contribution is -2.53. The molecule has 1 aliphatic heterocycles. The monoisotopic (exact) mass is 277 g/mol. The highest BCUT2D eigenvalue weighted by Crippen LogP contribution is 2.32. The second kappa shape index (κ2) is 6.11. The third-order valence-corrected chi connectivity index (χ3v) is 4.63. The number of rotatable bonds is 3. The second-order valence-electron chi connectivity index (χ2n) is 5.98. The van der Waals surface area contributed by atoms with Crippen LogP contribution in [0.2, 0.25) is 0 Å². The molecule has 0 radical (unpaired) electrons. The maximum Gasteiger partial charge on any atom is 0.133 e. The van der Waals surface area contributed by atoms with Gasteiger partial charge in [-0.1, -0.05) is 48.5 Å². The van der Waals surface area contributed by atoms with Crippen molar-refractivity contribution in [3.63, 3.8) is 0 Å². The molecule has 0 spiro atoms. The van der Waals surface area contributed by atoms with E-state index in [2.05, 4.69) is 66.7 Å². The molecule has 0 N–H and O–H groups in total. The van der Waals surface area contributed by atoms with E-state index in [-0.39, 0.29) is 5.92 Å². The third-order valence-electron chi connectivity index (χ3n) is 4.63. The fourth-order valence-corrected chi connectivity index (χ4v) is 3.38. The molecule has 2 heteroatoms. The minimum Gasteiger partial charge on any atom is -0.287 e. The van der Waals surface area contributed by atoms with Gasteiger partial charge in [0.1, 0.15) is 12.2 Å². The van der Waals surface area contributed by atoms with Gasteiger partial charge < -0.3 is 0 Å². The normalized spacial score (nSPS) is 25.2. The van der Waals surface area contributed by atoms with Gasteiger partial charge in [0.25, 0.3) is 0 Å². The number of benzene rings is 2. The van der Waals surface area contributed by atoms with Gasteiger partial charge in [0.2, 0.25) is 0 Å². The highest BCUT2D eigenvalue weighted by molar-refractivity contribution is 5.43. The summed E-state index contributed by atoms with van der Waals surface area (Å²) in [7, 11) is 0. The lowest BCUT2D eigenvalue weighted by molar-refractivity contribution is 0.199. The van der Waals surface area contributed by atoms with Crippen LogP contribution in [0.1, 0.15) is 18.4 Å². The summed E-state index contributed by atoms with van der Waals surface area (Å²) in [4.78, 5) is 0. The van der Waals surface area contributed by atoms with E-state index in [9.17, 15) is 0 Å². The molecule has 2 aromatic rings. The maximum absolute atomic E-state index is 9.16. The molecule has 1 aliphatic rings. The Labute approximate surface area is 126 Å². The quantitative estimate of drug-likeness (QED) is 0.774. The van der Waals surface area contributed by atoms with Crippen molar-refractivity contribution in [1.29, 1.82) is 5.26 Å². The molecule has 0 aromatic heterocycles. The molecular weight excluding hydrogens is 256 g/mol. The molecule has 0 aliphatic carbocycles. The highest BCUT2D eigenvalue weighted by Gasteiger charge is 2.36. The SMILES string of the molecule is N#CC1CC[N+](Cc2ccccc2)(c2ccccc2)CC1. The molecule has 0 bridgehead atoms. The average Bonchev–Trinajstić information content (AvgIpc) is 2.57. The predicted molar refractivity (Wildman–Crippen MR) is 86.5 cm³/mol. The first-order valence-corrected chi connectivity index (χ1v) is 7.68. The Bertz CT molecular complexity index is 605. The molecule has 1 heterocycles. The zero-order valence-electron chi connectivity index (χ0n) is 12.3. The minimum atomic E-state index is 0.232. The topological polar surface area (TPSA) is 23.8 Å². The van der Waals surface area contributed by atoms with E-state index < -0.39 is 0 Å². The van der Waals surface area contributed by atoms with Crippen LogP contribution in [0.3, 0.4) is 0 Å². The largest absolute Gasteiger partial charge is 0.287 e. The summed E-state index contributed by atoms with van der Waals surface area (Å²) in [6.07, 6.45) is 2.00. The average molecular weight is 277 g/mol. The first-order chi connectivity index (χ1) is 10.3. The summed E-state index contributed by atoms with van der Waals surface area (Å²) in [5, 5.41) is 9.16. The number of hydrogen-bond acceptors (Lipinski definition) is 1. The molecule has 1 saturated heterocycles. The second-order valence-corrected chi connectivity index (χ2v) is 5.98. The Hall–Kier alpha value is -2.11. The maximum atomic E-state index is 9.16. The van der Waals surface area contributed by atoms with Gasteiger partial charge in [-0.15, -0.1) is 0 Å². The van der Waals surface area contributed by atoms with Crippen molar-refractivity contribution in [2.24, 2.45) is 5.92 Å². The number of para-hydroxylation sites is 1. The molecule has 1 fully saturated rings. The molecule has 3 rings (SSSR count). The number of hydrogen-bond donors (Lipinski definition) is 0. The first kappa shape index (κ1) is 13.9. The van der Waals surface area contributed by atoms with E-state index in [1.54, 1.807) is 0 Å². The van der Waals surface area contributed by atoms with Gasteiger partial charge in [-0.3, -0.25) is 4.48 Å². The minimum absolute atomic E-state index is 0.232. The fraction of sp³-hybridized carbons (Fsp3) is 0.316. The summed E-state index contributed by atoms with van der Waals surface area (Å²) >= 11 is 0. The third kappa shape index (κ3) is 2.99. The molecule has 2 nitrogen and oxygen atoms in total. The van der Waals surface area contributed by atoms with Crippen molar-refractivity contribution >= 4 is 5.69 Å². The van der Waals surface area contributed by atoms with Crippen molar-refractivity contribution in [3.05, 3.63) is 66.2 Å². The Balaban J connectivity index is 1.91. The van der Waals surface area contributed by atoms with Crippen LogP contribution in [0.15, 0.2) is 60.7 Å². The lowest BCUT2D eigenvalue weighted by Gasteiger charge is -2.42. The Morgan fingerprint density at radius 2 is 1.48 bits per heavy atom. The van der Waals surface area contributed by atoms with Gasteiger partial charge in [-0.2, -0.15) is 5.26 Å². The summed E-state index contributed by atoms with van der Waals surface area (Å²) in [6, 6.07) is 23.9. The molecule has 21 heavy (non-hydrogen) atoms. The van der Waals surface area contributed by atoms with Crippen LogP contribution in [0.25, 0.3) is 0 Å². The number of piperidine rings is 1. The first-order valence-electron chi connectivity index (χ1n) is 7.68. The van der Waals surface area contributed by atoms with Crippen LogP contribution < -0.4 is 4.48 Å². The number of likely N-dealkylation sites (tertiary alicyclic amines) is 1. The van der Waals surface area contributed by atoms with Crippen molar-refractivity contribution in [2.45, 2.75) is 19.4 Å². The summed E-state index contributed by atoms with van der Waals surface area (Å²) < 4.78 is 0.975. The Kier molecular flexibility index (Phi) is 4.03. The summed E-state index contributed by atoms with van der Waals surface area (Å²) in [5.74, 6) is 0.232. The van der Waals surface area contributed by atoms with Crippen LogP contribution in [0.5, 0.6) is 0 Å². The molecule has 2 aromatic carbocycles. The fourth-order valence-electron chi connectivity index (χ4n) is 3.38. The van der Waals surface area contributed by atoms with Gasteiger partial charge in [-0.25, -0.2) is 0 Å². The standard InChI is InChI=1S/C19H21N2/c20-15-17-11-13-21(14-12-17,19-9-5-2-6-10-19)16-18-7-3-1-4-8-18/h1-10,17H,11-14,16H2/q+1.